The van der Waals surface area contributed by atoms with Gasteiger partial charge in [-0.15, -0.1) is 0 Å². The molecule has 0 spiro atoms. The first-order chi connectivity index (χ1) is 13.7. The van der Waals surface area contributed by atoms with Crippen LogP contribution in [0.3, 0.4) is 0 Å². The normalized spacial score (nSPS) is 13.6. The molecule has 0 saturated carbocycles. The Morgan fingerprint density at radius 2 is 1.28 bits per heavy atom. The Morgan fingerprint density at radius 3 is 1.83 bits per heavy atom. The first-order valence-corrected chi connectivity index (χ1v) is 8.57. The van der Waals surface area contributed by atoms with E-state index in [9.17, 15) is 14.7 Å². The zero-order valence-corrected chi connectivity index (χ0v) is 15.2. The van der Waals surface area contributed by atoms with Gasteiger partial charge < -0.3 is 31.3 Å². The predicted molar refractivity (Wildman–Crippen MR) is 105 cm³/mol. The van der Waals surface area contributed by atoms with Gasteiger partial charge in [0.15, 0.2) is 12.2 Å². The summed E-state index contributed by atoms with van der Waals surface area (Å²) in [7, 11) is 0. The van der Waals surface area contributed by atoms with Gasteiger partial charge in [0.25, 0.3) is 0 Å². The number of nitrogens with two attached hydrogens (primary N) is 1. The summed E-state index contributed by atoms with van der Waals surface area (Å²) in [4.78, 5) is 19.5. The van der Waals surface area contributed by atoms with Gasteiger partial charge in [0.2, 0.25) is 0 Å². The second-order valence-electron chi connectivity index (χ2n) is 6.17. The van der Waals surface area contributed by atoms with E-state index in [4.69, 9.17) is 26.2 Å². The average Bonchev–Trinajstić information content (AvgIpc) is 2.73. The molecule has 152 valence electrons. The SMILES string of the molecule is NC(c1ccccc1)c1c(O)ccc2ccccc12.O=C(O)C(O)C(O)C(=O)O. The number of carboxylic acid groups (broad SMARTS) is 2. The van der Waals surface area contributed by atoms with Gasteiger partial charge in [-0.2, -0.15) is 0 Å². The van der Waals surface area contributed by atoms with Gasteiger partial charge >= 0.3 is 11.9 Å². The van der Waals surface area contributed by atoms with Crippen molar-refractivity contribution in [1.29, 1.82) is 0 Å². The van der Waals surface area contributed by atoms with Crippen LogP contribution >= 0.6 is 0 Å². The third-order valence-electron chi connectivity index (χ3n) is 4.22. The van der Waals surface area contributed by atoms with Gasteiger partial charge in [-0.3, -0.25) is 0 Å². The highest BCUT2D eigenvalue weighted by molar-refractivity contribution is 5.88. The van der Waals surface area contributed by atoms with Crippen molar-refractivity contribution in [3.63, 3.8) is 0 Å². The summed E-state index contributed by atoms with van der Waals surface area (Å²) >= 11 is 0. The Balaban J connectivity index is 0.000000257. The average molecular weight is 399 g/mol. The fourth-order valence-corrected chi connectivity index (χ4v) is 2.71. The zero-order valence-electron chi connectivity index (χ0n) is 15.2. The first kappa shape index (κ1) is 21.8. The number of aliphatic hydroxyl groups excluding tert-OH is 2. The van der Waals surface area contributed by atoms with Crippen LogP contribution in [-0.2, 0) is 9.59 Å². The summed E-state index contributed by atoms with van der Waals surface area (Å²) in [6.07, 6.45) is -4.53. The Hall–Kier alpha value is -3.46. The van der Waals surface area contributed by atoms with E-state index in [-0.39, 0.29) is 11.8 Å². The van der Waals surface area contributed by atoms with Crippen molar-refractivity contribution < 1.29 is 35.1 Å². The first-order valence-electron chi connectivity index (χ1n) is 8.57. The molecule has 3 rings (SSSR count). The summed E-state index contributed by atoms with van der Waals surface area (Å²) in [5.41, 5.74) is 8.10. The number of aliphatic carboxylic acids is 2. The van der Waals surface area contributed by atoms with Crippen LogP contribution in [0.1, 0.15) is 17.2 Å². The van der Waals surface area contributed by atoms with Crippen molar-refractivity contribution in [3.05, 3.63) is 77.9 Å². The molecule has 0 radical (unpaired) electrons. The van der Waals surface area contributed by atoms with Crippen molar-refractivity contribution in [1.82, 2.24) is 0 Å². The van der Waals surface area contributed by atoms with Crippen molar-refractivity contribution in [3.8, 4) is 5.75 Å². The molecule has 0 bridgehead atoms. The van der Waals surface area contributed by atoms with Crippen LogP contribution in [0.5, 0.6) is 5.75 Å². The highest BCUT2D eigenvalue weighted by atomic mass is 16.4. The number of benzene rings is 3. The van der Waals surface area contributed by atoms with Gasteiger partial charge in [0.05, 0.1) is 6.04 Å². The topological polar surface area (TPSA) is 161 Å². The van der Waals surface area contributed by atoms with Gasteiger partial charge in [0.1, 0.15) is 5.75 Å². The lowest BCUT2D eigenvalue weighted by atomic mass is 9.93. The second kappa shape index (κ2) is 9.65. The van der Waals surface area contributed by atoms with Crippen molar-refractivity contribution in [2.24, 2.45) is 5.73 Å². The van der Waals surface area contributed by atoms with Gasteiger partial charge in [-0.25, -0.2) is 9.59 Å². The maximum absolute atomic E-state index is 10.2. The maximum Gasteiger partial charge on any atom is 0.335 e. The van der Waals surface area contributed by atoms with E-state index < -0.39 is 24.1 Å². The van der Waals surface area contributed by atoms with E-state index in [2.05, 4.69) is 0 Å². The highest BCUT2D eigenvalue weighted by Crippen LogP contribution is 2.34. The van der Waals surface area contributed by atoms with E-state index in [1.165, 1.54) is 0 Å². The van der Waals surface area contributed by atoms with Crippen LogP contribution in [0.15, 0.2) is 66.7 Å². The predicted octanol–water partition coefficient (Wildman–Crippen LogP) is 1.47. The molecule has 3 aromatic carbocycles. The summed E-state index contributed by atoms with van der Waals surface area (Å²) in [5, 5.41) is 44.8. The Labute approximate surface area is 166 Å². The maximum atomic E-state index is 10.2. The summed E-state index contributed by atoms with van der Waals surface area (Å²) in [6, 6.07) is 21.1. The molecule has 3 aromatic rings. The lowest BCUT2D eigenvalue weighted by Gasteiger charge is -2.16. The van der Waals surface area contributed by atoms with Gasteiger partial charge in [-0.1, -0.05) is 60.7 Å². The van der Waals surface area contributed by atoms with Crippen molar-refractivity contribution >= 4 is 22.7 Å². The molecule has 8 nitrogen and oxygen atoms in total. The quantitative estimate of drug-likeness (QED) is 0.376. The van der Waals surface area contributed by atoms with Crippen molar-refractivity contribution in [2.75, 3.05) is 0 Å². The number of carbonyl (C=O) groups is 2. The third kappa shape index (κ3) is 5.29. The number of rotatable bonds is 5. The van der Waals surface area contributed by atoms with Crippen LogP contribution in [0, 0.1) is 0 Å². The number of phenolic OH excluding ortho intramolecular Hbond substituents is 1. The number of fused-ring (bicyclic) bond motifs is 1. The lowest BCUT2D eigenvalue weighted by molar-refractivity contribution is -0.165. The molecule has 0 fully saturated rings. The molecule has 0 aromatic heterocycles. The number of hydrogen-bond donors (Lipinski definition) is 6. The molecular weight excluding hydrogens is 378 g/mol. The minimum atomic E-state index is -2.27. The molecule has 7 N–H and O–H groups in total. The molecule has 0 aliphatic rings. The second-order valence-corrected chi connectivity index (χ2v) is 6.17. The zero-order chi connectivity index (χ0) is 21.6. The Bertz CT molecular complexity index is 973. The monoisotopic (exact) mass is 399 g/mol. The van der Waals surface area contributed by atoms with E-state index in [0.29, 0.717) is 0 Å². The van der Waals surface area contributed by atoms with E-state index in [1.54, 1.807) is 6.07 Å². The van der Waals surface area contributed by atoms with E-state index in [1.807, 2.05) is 60.7 Å². The summed E-state index contributed by atoms with van der Waals surface area (Å²) < 4.78 is 0. The number of hydrogen-bond acceptors (Lipinski definition) is 6. The largest absolute Gasteiger partial charge is 0.508 e. The molecule has 3 unspecified atom stereocenters. The van der Waals surface area contributed by atoms with Gasteiger partial charge in [-0.05, 0) is 22.4 Å². The van der Waals surface area contributed by atoms with Crippen LogP contribution in [-0.4, -0.2) is 49.7 Å². The number of carboxylic acids is 2. The minimum Gasteiger partial charge on any atom is -0.508 e. The number of aliphatic hydroxyl groups is 2. The van der Waals surface area contributed by atoms with Crippen LogP contribution in [0.4, 0.5) is 0 Å². The third-order valence-corrected chi connectivity index (χ3v) is 4.22. The molecule has 0 aliphatic carbocycles. The van der Waals surface area contributed by atoms with Crippen molar-refractivity contribution in [2.45, 2.75) is 18.2 Å². The van der Waals surface area contributed by atoms with Gasteiger partial charge in [0, 0.05) is 5.56 Å². The van der Waals surface area contributed by atoms with E-state index >= 15 is 0 Å². The van der Waals surface area contributed by atoms with Crippen LogP contribution in [0.2, 0.25) is 0 Å². The van der Waals surface area contributed by atoms with Crippen LogP contribution in [0.25, 0.3) is 10.8 Å². The molecule has 0 heterocycles. The fourth-order valence-electron chi connectivity index (χ4n) is 2.71. The molecule has 0 saturated heterocycles. The number of aromatic hydroxyl groups is 1. The fraction of sp³-hybridized carbons (Fsp3) is 0.143. The lowest BCUT2D eigenvalue weighted by Crippen LogP contribution is -2.39. The molecule has 3 atom stereocenters. The highest BCUT2D eigenvalue weighted by Gasteiger charge is 2.29. The van der Waals surface area contributed by atoms with E-state index in [0.717, 1.165) is 21.9 Å². The Kier molecular flexibility index (Phi) is 7.27. The number of phenols is 1. The Morgan fingerprint density at radius 1 is 0.759 bits per heavy atom. The molecule has 8 heteroatoms. The molecule has 0 amide bonds. The smallest absolute Gasteiger partial charge is 0.335 e. The molecule has 0 aliphatic heterocycles. The standard InChI is InChI=1S/C17H15NO.C4H6O6/c18-17(13-7-2-1-3-8-13)16-14-9-5-4-6-12(14)10-11-15(16)19;5-1(3(7)8)2(6)4(9)10/h1-11,17,19H,18H2;1-2,5-6H,(H,7,8)(H,9,10). The molecule has 29 heavy (non-hydrogen) atoms. The minimum absolute atomic E-state index is 0.245. The molecular formula is C21H21NO7. The summed E-state index contributed by atoms with van der Waals surface area (Å²) in [6.45, 7) is 0. The summed E-state index contributed by atoms with van der Waals surface area (Å²) in [5.74, 6) is -3.29. The van der Waals surface area contributed by atoms with Crippen LogP contribution < -0.4 is 5.73 Å².